The van der Waals surface area contributed by atoms with Crippen LogP contribution in [0.25, 0.3) is 0 Å². The summed E-state index contributed by atoms with van der Waals surface area (Å²) in [4.78, 5) is 11.2. The van der Waals surface area contributed by atoms with Gasteiger partial charge in [0, 0.05) is 22.9 Å². The van der Waals surface area contributed by atoms with Gasteiger partial charge in [-0.3, -0.25) is 10.1 Å². The molecule has 0 aromatic heterocycles. The second-order valence-corrected chi connectivity index (χ2v) is 7.64. The van der Waals surface area contributed by atoms with Gasteiger partial charge in [-0.15, -0.1) is 0 Å². The van der Waals surface area contributed by atoms with Crippen LogP contribution in [0.5, 0.6) is 0 Å². The third kappa shape index (κ3) is 4.02. The van der Waals surface area contributed by atoms with Crippen LogP contribution >= 0.6 is 11.6 Å². The van der Waals surface area contributed by atoms with Crippen molar-refractivity contribution in [1.82, 2.24) is 0 Å². The first-order chi connectivity index (χ1) is 13.3. The highest BCUT2D eigenvalue weighted by atomic mass is 35.5. The number of benzene rings is 3. The normalized spacial score (nSPS) is 13.1. The number of aryl methyl sites for hydroxylation is 1. The molecule has 0 aliphatic heterocycles. The minimum absolute atomic E-state index is 0.0102. The monoisotopic (exact) mass is 394 g/mol. The van der Waals surface area contributed by atoms with E-state index in [9.17, 15) is 10.1 Å². The second kappa shape index (κ2) is 8.03. The molecule has 2 atom stereocenters. The fourth-order valence-corrected chi connectivity index (χ4v) is 3.55. The van der Waals surface area contributed by atoms with Crippen LogP contribution in [0.1, 0.15) is 53.5 Å². The molecule has 0 amide bonds. The van der Waals surface area contributed by atoms with Crippen LogP contribution in [0.3, 0.4) is 0 Å². The number of halogens is 1. The SMILES string of the molecule is Cc1ccc(C(C)c2cc(C(C)c3ccc(Cl)cc3)c(N)c([N+](=O)[O-])c2)cc1. The van der Waals surface area contributed by atoms with Gasteiger partial charge in [0.25, 0.3) is 5.69 Å². The molecule has 28 heavy (non-hydrogen) atoms. The smallest absolute Gasteiger partial charge is 0.292 e. The molecule has 0 aliphatic rings. The summed E-state index contributed by atoms with van der Waals surface area (Å²) >= 11 is 5.99. The van der Waals surface area contributed by atoms with E-state index in [0.717, 1.165) is 22.3 Å². The number of anilines is 1. The molecule has 2 unspecified atom stereocenters. The second-order valence-electron chi connectivity index (χ2n) is 7.21. The van der Waals surface area contributed by atoms with Gasteiger partial charge in [0.2, 0.25) is 0 Å². The van der Waals surface area contributed by atoms with E-state index in [1.807, 2.05) is 44.2 Å². The molecule has 0 heterocycles. The van der Waals surface area contributed by atoms with Crippen molar-refractivity contribution < 1.29 is 4.92 Å². The summed E-state index contributed by atoms with van der Waals surface area (Å²) in [6.07, 6.45) is 0. The highest BCUT2D eigenvalue weighted by Gasteiger charge is 2.23. The molecule has 5 heteroatoms. The Morgan fingerprint density at radius 1 is 0.893 bits per heavy atom. The van der Waals surface area contributed by atoms with Crippen molar-refractivity contribution in [1.29, 1.82) is 0 Å². The van der Waals surface area contributed by atoms with E-state index in [0.29, 0.717) is 5.02 Å². The Morgan fingerprint density at radius 2 is 1.43 bits per heavy atom. The first-order valence-corrected chi connectivity index (χ1v) is 9.55. The van der Waals surface area contributed by atoms with E-state index < -0.39 is 4.92 Å². The van der Waals surface area contributed by atoms with Crippen molar-refractivity contribution in [2.75, 3.05) is 5.73 Å². The zero-order chi connectivity index (χ0) is 20.4. The summed E-state index contributed by atoms with van der Waals surface area (Å²) < 4.78 is 0. The predicted molar refractivity (Wildman–Crippen MR) is 115 cm³/mol. The molecular formula is C23H23ClN2O2. The Labute approximate surface area is 170 Å². The number of nitro benzene ring substituents is 1. The molecular weight excluding hydrogens is 372 g/mol. The quantitative estimate of drug-likeness (QED) is 0.307. The average Bonchev–Trinajstić information content (AvgIpc) is 2.68. The number of nitrogens with zero attached hydrogens (tertiary/aromatic N) is 1. The van der Waals surface area contributed by atoms with E-state index in [1.165, 1.54) is 5.56 Å². The minimum atomic E-state index is -0.404. The van der Waals surface area contributed by atoms with Crippen molar-refractivity contribution in [3.05, 3.63) is 104 Å². The fourth-order valence-electron chi connectivity index (χ4n) is 3.42. The Morgan fingerprint density at radius 3 is 2.00 bits per heavy atom. The summed E-state index contributed by atoms with van der Waals surface area (Å²) in [6.45, 7) is 6.09. The lowest BCUT2D eigenvalue weighted by Crippen LogP contribution is -2.08. The molecule has 3 aromatic rings. The molecule has 0 aliphatic carbocycles. The first-order valence-electron chi connectivity index (χ1n) is 9.17. The van der Waals surface area contributed by atoms with Gasteiger partial charge in [-0.1, -0.05) is 73.5 Å². The standard InChI is InChI=1S/C23H23ClN2O2/c1-14-4-6-17(7-5-14)15(2)19-12-21(23(25)22(13-19)26(27)28)16(3)18-8-10-20(24)11-9-18/h4-13,15-16H,25H2,1-3H3. The Hall–Kier alpha value is -2.85. The Bertz CT molecular complexity index is 998. The molecule has 2 N–H and O–H groups in total. The summed E-state index contributed by atoms with van der Waals surface area (Å²) in [7, 11) is 0. The highest BCUT2D eigenvalue weighted by Crippen LogP contribution is 2.38. The van der Waals surface area contributed by atoms with Gasteiger partial charge in [0.15, 0.2) is 0 Å². The first kappa shape index (κ1) is 19.9. The lowest BCUT2D eigenvalue weighted by atomic mass is 9.86. The van der Waals surface area contributed by atoms with Gasteiger partial charge in [-0.05, 0) is 41.3 Å². The zero-order valence-electron chi connectivity index (χ0n) is 16.1. The van der Waals surface area contributed by atoms with Crippen LogP contribution in [-0.2, 0) is 0 Å². The van der Waals surface area contributed by atoms with E-state index >= 15 is 0 Å². The van der Waals surface area contributed by atoms with Crippen molar-refractivity contribution in [3.63, 3.8) is 0 Å². The van der Waals surface area contributed by atoms with Crippen LogP contribution < -0.4 is 5.73 Å². The largest absolute Gasteiger partial charge is 0.393 e. The molecule has 0 spiro atoms. The van der Waals surface area contributed by atoms with Crippen molar-refractivity contribution in [3.8, 4) is 0 Å². The van der Waals surface area contributed by atoms with Gasteiger partial charge >= 0.3 is 0 Å². The van der Waals surface area contributed by atoms with E-state index in [4.69, 9.17) is 17.3 Å². The number of hydrogen-bond acceptors (Lipinski definition) is 3. The minimum Gasteiger partial charge on any atom is -0.393 e. The Balaban J connectivity index is 2.10. The lowest BCUT2D eigenvalue weighted by Gasteiger charge is -2.19. The van der Waals surface area contributed by atoms with Crippen molar-refractivity contribution >= 4 is 23.0 Å². The molecule has 4 nitrogen and oxygen atoms in total. The van der Waals surface area contributed by atoms with Crippen LogP contribution in [0.4, 0.5) is 11.4 Å². The van der Waals surface area contributed by atoms with Crippen molar-refractivity contribution in [2.45, 2.75) is 32.6 Å². The Kier molecular flexibility index (Phi) is 5.71. The number of hydrogen-bond donors (Lipinski definition) is 1. The maximum atomic E-state index is 11.6. The lowest BCUT2D eigenvalue weighted by molar-refractivity contribution is -0.384. The fraction of sp³-hybridized carbons (Fsp3) is 0.217. The molecule has 3 rings (SSSR count). The zero-order valence-corrected chi connectivity index (χ0v) is 16.9. The molecule has 144 valence electrons. The summed E-state index contributed by atoms with van der Waals surface area (Å²) in [5, 5.41) is 12.3. The van der Waals surface area contributed by atoms with Gasteiger partial charge in [-0.2, -0.15) is 0 Å². The average molecular weight is 395 g/mol. The molecule has 0 bridgehead atoms. The van der Waals surface area contributed by atoms with E-state index in [2.05, 4.69) is 31.2 Å². The number of nitrogen functional groups attached to an aromatic ring is 1. The van der Waals surface area contributed by atoms with Gasteiger partial charge < -0.3 is 5.73 Å². The molecule has 0 fully saturated rings. The summed E-state index contributed by atoms with van der Waals surface area (Å²) in [5.41, 5.74) is 11.3. The third-order valence-corrected chi connectivity index (χ3v) is 5.58. The molecule has 0 saturated carbocycles. The maximum absolute atomic E-state index is 11.6. The number of nitro groups is 1. The predicted octanol–water partition coefficient (Wildman–Crippen LogP) is 6.44. The molecule has 0 radical (unpaired) electrons. The van der Waals surface area contributed by atoms with Crippen LogP contribution in [0.15, 0.2) is 60.7 Å². The van der Waals surface area contributed by atoms with Gasteiger partial charge in [0.1, 0.15) is 5.69 Å². The maximum Gasteiger partial charge on any atom is 0.292 e. The molecule has 3 aromatic carbocycles. The summed E-state index contributed by atoms with van der Waals surface area (Å²) in [6, 6.07) is 19.3. The van der Waals surface area contributed by atoms with Crippen LogP contribution in [0, 0.1) is 17.0 Å². The number of rotatable bonds is 5. The van der Waals surface area contributed by atoms with E-state index in [-0.39, 0.29) is 23.2 Å². The summed E-state index contributed by atoms with van der Waals surface area (Å²) in [5.74, 6) is -0.0859. The van der Waals surface area contributed by atoms with Crippen LogP contribution in [-0.4, -0.2) is 4.92 Å². The van der Waals surface area contributed by atoms with Crippen molar-refractivity contribution in [2.24, 2.45) is 0 Å². The topological polar surface area (TPSA) is 69.2 Å². The van der Waals surface area contributed by atoms with Gasteiger partial charge in [0.05, 0.1) is 4.92 Å². The van der Waals surface area contributed by atoms with E-state index in [1.54, 1.807) is 6.07 Å². The highest BCUT2D eigenvalue weighted by molar-refractivity contribution is 6.30. The number of nitrogens with two attached hydrogens (primary N) is 1. The third-order valence-electron chi connectivity index (χ3n) is 5.32. The van der Waals surface area contributed by atoms with Gasteiger partial charge in [-0.25, -0.2) is 0 Å². The van der Waals surface area contributed by atoms with Crippen LogP contribution in [0.2, 0.25) is 5.02 Å². The molecule has 0 saturated heterocycles.